The highest BCUT2D eigenvalue weighted by Crippen LogP contribution is 2.46. The molecule has 0 radical (unpaired) electrons. The van der Waals surface area contributed by atoms with Crippen molar-refractivity contribution in [1.82, 2.24) is 0 Å². The number of nitro benzene ring substituents is 3. The van der Waals surface area contributed by atoms with Crippen LogP contribution in [0.2, 0.25) is 0 Å². The molecule has 0 unspecified atom stereocenters. The fourth-order valence-corrected chi connectivity index (χ4v) is 11.6. The first-order chi connectivity index (χ1) is 64.7. The number of nitrogens with one attached hydrogen (secondary N) is 3. The van der Waals surface area contributed by atoms with E-state index in [-0.39, 0.29) is 146 Å². The predicted octanol–water partition coefficient (Wildman–Crippen LogP) is 21.2. The third kappa shape index (κ3) is 34.3. The molecule has 3 amide bonds. The first-order valence-electron chi connectivity index (χ1n) is 42.6. The summed E-state index contributed by atoms with van der Waals surface area (Å²) in [6, 6.07) is 49.7. The van der Waals surface area contributed by atoms with Crippen molar-refractivity contribution in [3.05, 3.63) is 291 Å². The number of aromatic hydroxyl groups is 2. The van der Waals surface area contributed by atoms with E-state index in [1.807, 2.05) is 48.5 Å². The lowest BCUT2D eigenvalue weighted by molar-refractivity contribution is -0.386. The Kier molecular flexibility index (Phi) is 40.0. The summed E-state index contributed by atoms with van der Waals surface area (Å²) in [5, 5.41) is 75.6. The normalized spacial score (nSPS) is 10.8. The van der Waals surface area contributed by atoms with Crippen molar-refractivity contribution < 1.29 is 125 Å². The van der Waals surface area contributed by atoms with Crippen LogP contribution in [0.3, 0.4) is 0 Å². The number of nitrogens with zero attached hydrogens (tertiary/aromatic N) is 6. The first-order valence-corrected chi connectivity index (χ1v) is 42.6. The fraction of sp³-hybridized carbons (Fsp3) is 0.303. The van der Waals surface area contributed by atoms with Gasteiger partial charge in [-0.25, -0.2) is 19.2 Å². The van der Waals surface area contributed by atoms with Crippen molar-refractivity contribution >= 4 is 99.4 Å². The maximum Gasteiger partial charge on any atom is 0.339 e. The lowest BCUT2D eigenvalue weighted by Crippen LogP contribution is -2.23. The van der Waals surface area contributed by atoms with Gasteiger partial charge in [0, 0.05) is 47.1 Å². The number of hydrogen-bond donors (Lipinski definition) is 7. The Bertz CT molecular complexity index is 6060. The van der Waals surface area contributed by atoms with Crippen molar-refractivity contribution in [3.8, 4) is 57.5 Å². The molecule has 0 aliphatic heterocycles. The number of carboxylic acid groups (broad SMARTS) is 1. The van der Waals surface area contributed by atoms with Gasteiger partial charge in [0.15, 0.2) is 46.5 Å². The van der Waals surface area contributed by atoms with Gasteiger partial charge in [0.05, 0.1) is 95.6 Å². The lowest BCUT2D eigenvalue weighted by Gasteiger charge is -2.19. The number of nitrogen functional groups attached to an aromatic ring is 1. The zero-order valence-corrected chi connectivity index (χ0v) is 79.6. The number of hydrogen-bond acceptors (Lipinski definition) is 30. The van der Waals surface area contributed by atoms with Crippen LogP contribution in [0.4, 0.5) is 45.5 Å². The van der Waals surface area contributed by atoms with Crippen molar-refractivity contribution in [2.45, 2.75) is 199 Å². The van der Waals surface area contributed by atoms with Gasteiger partial charge in [-0.1, -0.05) is 65.8 Å². The minimum atomic E-state index is -1.25. The number of rotatable bonds is 32. The Labute approximate surface area is 794 Å². The summed E-state index contributed by atoms with van der Waals surface area (Å²) in [7, 11) is 0. The van der Waals surface area contributed by atoms with Crippen molar-refractivity contribution in [3.63, 3.8) is 0 Å². The molecule has 0 atom stereocenters. The number of azide groups is 1. The monoisotopic (exact) mass is 1900 g/mol. The highest BCUT2D eigenvalue weighted by molar-refractivity contribution is 6.09. The van der Waals surface area contributed by atoms with E-state index in [9.17, 15) is 88.8 Å². The Morgan fingerprint density at radius 1 is 0.413 bits per heavy atom. The molecule has 0 saturated heterocycles. The number of carboxylic acids is 1. The van der Waals surface area contributed by atoms with Gasteiger partial charge in [-0.15, -0.1) is 0 Å². The maximum atomic E-state index is 13.3. The van der Waals surface area contributed by atoms with E-state index in [2.05, 4.69) is 26.0 Å². The van der Waals surface area contributed by atoms with Gasteiger partial charge in [0.2, 0.25) is 17.2 Å². The molecule has 0 saturated carbocycles. The number of amides is 3. The molecule has 0 bridgehead atoms. The van der Waals surface area contributed by atoms with Gasteiger partial charge in [-0.2, -0.15) is 0 Å². The molecule has 0 aromatic heterocycles. The zero-order chi connectivity index (χ0) is 103. The van der Waals surface area contributed by atoms with Crippen molar-refractivity contribution in [2.75, 3.05) is 21.7 Å². The second kappa shape index (κ2) is 50.3. The predicted molar refractivity (Wildman–Crippen MR) is 511 cm³/mol. The molecule has 138 heavy (non-hydrogen) atoms. The minimum Gasteiger partial charge on any atom is -0.504 e. The van der Waals surface area contributed by atoms with Crippen LogP contribution in [0.25, 0.3) is 10.4 Å². The zero-order valence-electron chi connectivity index (χ0n) is 79.6. The molecule has 0 aliphatic rings. The molecule has 0 aliphatic carbocycles. The highest BCUT2D eigenvalue weighted by Gasteiger charge is 2.33. The average Bonchev–Trinajstić information content (AvgIpc) is 0.789. The van der Waals surface area contributed by atoms with Crippen molar-refractivity contribution in [1.29, 1.82) is 0 Å². The molecule has 0 fully saturated rings. The van der Waals surface area contributed by atoms with E-state index >= 15 is 0 Å². The molecule has 10 aromatic carbocycles. The Morgan fingerprint density at radius 3 is 1.04 bits per heavy atom. The lowest BCUT2D eigenvalue weighted by atomic mass is 10.1. The largest absolute Gasteiger partial charge is 0.504 e. The minimum absolute atomic E-state index is 0.0106. The van der Waals surface area contributed by atoms with E-state index in [0.717, 1.165) is 36.2 Å². The van der Waals surface area contributed by atoms with Crippen LogP contribution in [-0.4, -0.2) is 131 Å². The summed E-state index contributed by atoms with van der Waals surface area (Å²) >= 11 is 0. The second-order valence-electron chi connectivity index (χ2n) is 34.1. The molecule has 730 valence electrons. The van der Waals surface area contributed by atoms with Crippen LogP contribution in [-0.2, 0) is 32.2 Å². The Balaban J connectivity index is 0.000000269. The summed E-state index contributed by atoms with van der Waals surface area (Å²) in [5.74, 6) is -6.72. The summed E-state index contributed by atoms with van der Waals surface area (Å²) in [6.45, 7) is 34.5. The van der Waals surface area contributed by atoms with Gasteiger partial charge in [-0.05, 0) is 263 Å². The summed E-state index contributed by atoms with van der Waals surface area (Å²) in [5.41, 5.74) is 15.8. The summed E-state index contributed by atoms with van der Waals surface area (Å²) < 4.78 is 59.9. The van der Waals surface area contributed by atoms with Crippen molar-refractivity contribution in [2.24, 2.45) is 5.11 Å². The third-order valence-electron chi connectivity index (χ3n) is 17.2. The number of phenols is 2. The smallest absolute Gasteiger partial charge is 0.339 e. The number of carbonyl (C=O) groups excluding carboxylic acids is 8. The molecular formula is C99H110N10O29. The highest BCUT2D eigenvalue weighted by atomic mass is 16.6. The van der Waals surface area contributed by atoms with E-state index in [0.29, 0.717) is 40.0 Å². The standard InChI is InChI=1S/C28H30N2O7.C21H24N4O5.C21H26N2O5.C17H17NO6.C12H13NO6/c1-18(2)36-25-23(30(33)34)16-15-22(24(25)35-17-19-9-7-6-8-10-19)26(31)29-21-13-11-20(12-14-21)27(32)37-28(3,4)5;1-12(2)29-18-16(24-25-22)11-10-15(17(18)26)19(27)23-14-8-6-13(7-9-14)20(28)30-21(3,4)5;1-12(2)27-18-16(22)11-10-15(17(18)24)19(25)23-14-8-6-13(7-9-14)20(26)28-21(3,4)5;1-11(2)24-16-14(18(21)22)9-8-13(17(19)20)15(16)23-10-12-6-4-3-5-7-12;1-7(2)18-12-10(13(16)17)5-4-9(6-14)11(12)19-8(3)15/h6-16,18H,17H2,1-5H3,(H,29,31);6-12,26H,1-5H3,(H,23,27);6-12,24H,22H2,1-5H3,(H,23,25);3-9,11H,10H2,1-2H3,(H,19,20);4-7H,1-3H3. The van der Waals surface area contributed by atoms with E-state index in [1.54, 1.807) is 204 Å². The molecule has 10 rings (SSSR count). The second-order valence-corrected chi connectivity index (χ2v) is 34.1. The molecule has 0 heterocycles. The number of nitrogens with two attached hydrogens (primary N) is 1. The third-order valence-corrected chi connectivity index (χ3v) is 17.2. The number of nitro groups is 3. The van der Waals surface area contributed by atoms with Gasteiger partial charge in [0.1, 0.15) is 35.6 Å². The van der Waals surface area contributed by atoms with E-state index in [4.69, 9.17) is 63.4 Å². The molecule has 0 spiro atoms. The number of phenolic OH excluding ortho intramolecular Hbond substituents is 2. The molecule has 39 heteroatoms. The van der Waals surface area contributed by atoms with Gasteiger partial charge in [-0.3, -0.25) is 54.3 Å². The maximum absolute atomic E-state index is 13.3. The molecule has 39 nitrogen and oxygen atoms in total. The summed E-state index contributed by atoms with van der Waals surface area (Å²) in [4.78, 5) is 143. The van der Waals surface area contributed by atoms with E-state index < -0.39 is 91.0 Å². The summed E-state index contributed by atoms with van der Waals surface area (Å²) in [6.07, 6.45) is -1.26. The molecule has 10 aromatic rings. The fourth-order valence-electron chi connectivity index (χ4n) is 11.6. The number of ether oxygens (including phenoxy) is 11. The van der Waals surface area contributed by atoms with Crippen LogP contribution >= 0.6 is 0 Å². The van der Waals surface area contributed by atoms with E-state index in [1.165, 1.54) is 54.6 Å². The van der Waals surface area contributed by atoms with Crippen LogP contribution < -0.4 is 59.6 Å². The molecular weight excluding hydrogens is 1790 g/mol. The van der Waals surface area contributed by atoms with Crippen LogP contribution in [0.15, 0.2) is 199 Å². The number of aldehydes is 1. The van der Waals surface area contributed by atoms with Crippen LogP contribution in [0.1, 0.15) is 232 Å². The van der Waals surface area contributed by atoms with Crippen LogP contribution in [0, 0.1) is 30.3 Å². The van der Waals surface area contributed by atoms with Gasteiger partial charge >= 0.3 is 46.9 Å². The molecule has 8 N–H and O–H groups in total. The first kappa shape index (κ1) is 110. The number of esters is 4. The number of anilines is 4. The Morgan fingerprint density at radius 2 is 0.717 bits per heavy atom. The quantitative estimate of drug-likeness (QED) is 0.00197. The van der Waals surface area contributed by atoms with Gasteiger partial charge < -0.3 is 89.1 Å². The SMILES string of the molecule is CC(=O)Oc1c(C=O)ccc([N+](=O)[O-])c1OC(C)C.CC(C)Oc1c(N)ccc(C(=O)Nc2ccc(C(=O)OC(C)(C)C)cc2)c1O.CC(C)Oc1c(N=[N+]=[N-])ccc(C(=O)Nc2ccc(C(=O)OC(C)(C)C)cc2)c1O.CC(C)Oc1c([N+](=O)[O-])ccc(C(=O)Nc2ccc(C(=O)OC(C)(C)C)cc2)c1OCc1ccccc1.CC(C)Oc1c([N+](=O)[O-])ccc(C(=O)O)c1OCc1ccccc1. The number of aromatic carboxylic acids is 1. The van der Waals surface area contributed by atoms with Gasteiger partial charge in [0.25, 0.3) is 17.7 Å². The average molecular weight is 1900 g/mol. The topological polar surface area (TPSA) is 556 Å². The number of benzene rings is 10. The van der Waals surface area contributed by atoms with Crippen LogP contribution in [0.5, 0.6) is 57.5 Å². The Hall–Kier alpha value is -16.9. The number of carbonyl (C=O) groups is 9.